The van der Waals surface area contributed by atoms with Crippen LogP contribution in [0.25, 0.3) is 0 Å². The summed E-state index contributed by atoms with van der Waals surface area (Å²) in [5.74, 6) is 0. The highest BCUT2D eigenvalue weighted by molar-refractivity contribution is 5.64. The summed E-state index contributed by atoms with van der Waals surface area (Å²) in [6.45, 7) is 9.38. The van der Waals surface area contributed by atoms with Crippen LogP contribution in [0.2, 0.25) is 0 Å². The summed E-state index contributed by atoms with van der Waals surface area (Å²) in [4.78, 5) is 9.60. The lowest BCUT2D eigenvalue weighted by molar-refractivity contribution is 0.163. The van der Waals surface area contributed by atoms with Gasteiger partial charge in [-0.3, -0.25) is 0 Å². The number of primary amides is 1. The zero-order chi connectivity index (χ0) is 9.28. The molecule has 0 aromatic carbocycles. The van der Waals surface area contributed by atoms with Gasteiger partial charge in [0.15, 0.2) is 0 Å². The van der Waals surface area contributed by atoms with Crippen LogP contribution < -0.4 is 5.73 Å². The van der Waals surface area contributed by atoms with Gasteiger partial charge in [-0.25, -0.2) is 4.79 Å². The quantitative estimate of drug-likeness (QED) is 0.590. The molecule has 0 aliphatic rings. The second-order valence-corrected chi connectivity index (χ2v) is 1.93. The lowest BCUT2D eigenvalue weighted by Gasteiger charge is -1.89. The predicted molar refractivity (Wildman–Crippen MR) is 45.2 cm³/mol. The summed E-state index contributed by atoms with van der Waals surface area (Å²) in [7, 11) is 0. The molecule has 0 rings (SSSR count). The van der Waals surface area contributed by atoms with E-state index in [1.54, 1.807) is 6.92 Å². The van der Waals surface area contributed by atoms with E-state index < -0.39 is 6.09 Å². The summed E-state index contributed by atoms with van der Waals surface area (Å²) in [5.41, 5.74) is 8.38. The largest absolute Gasteiger partial charge is 0.450 e. The molecule has 0 unspecified atom stereocenters. The molecule has 0 saturated carbocycles. The van der Waals surface area contributed by atoms with Crippen molar-refractivity contribution in [2.24, 2.45) is 5.73 Å². The third-order valence-corrected chi connectivity index (χ3v) is 0.640. The lowest BCUT2D eigenvalue weighted by Crippen LogP contribution is -2.11. The van der Waals surface area contributed by atoms with E-state index in [0.717, 1.165) is 5.57 Å². The first kappa shape index (κ1) is 12.5. The smallest absolute Gasteiger partial charge is 0.404 e. The fourth-order valence-electron chi connectivity index (χ4n) is 0.142. The average Bonchev–Trinajstić information content (AvgIpc) is 1.89. The molecule has 0 aromatic heterocycles. The summed E-state index contributed by atoms with van der Waals surface area (Å²) < 4.78 is 4.18. The molecule has 1 amide bonds. The maximum absolute atomic E-state index is 9.60. The van der Waals surface area contributed by atoms with E-state index in [1.807, 2.05) is 13.8 Å². The van der Waals surface area contributed by atoms with E-state index in [1.165, 1.54) is 0 Å². The van der Waals surface area contributed by atoms with Crippen molar-refractivity contribution in [2.75, 3.05) is 6.61 Å². The Hall–Kier alpha value is -1.21. The number of amides is 1. The topological polar surface area (TPSA) is 52.3 Å². The van der Waals surface area contributed by atoms with Crippen molar-refractivity contribution in [3.8, 4) is 0 Å². The second-order valence-electron chi connectivity index (χ2n) is 1.93. The van der Waals surface area contributed by atoms with Crippen LogP contribution in [0.4, 0.5) is 4.79 Å². The van der Waals surface area contributed by atoms with Gasteiger partial charge in [-0.15, -0.1) is 5.73 Å². The van der Waals surface area contributed by atoms with E-state index in [-0.39, 0.29) is 0 Å². The maximum atomic E-state index is 9.60. The molecule has 3 heteroatoms. The van der Waals surface area contributed by atoms with Crippen molar-refractivity contribution in [1.82, 2.24) is 0 Å². The molecule has 3 nitrogen and oxygen atoms in total. The van der Waals surface area contributed by atoms with Gasteiger partial charge in [-0.1, -0.05) is 6.58 Å². The molecule has 0 aliphatic heterocycles. The molecule has 0 saturated heterocycles. The van der Waals surface area contributed by atoms with Gasteiger partial charge in [-0.05, 0) is 26.3 Å². The molecule has 64 valence electrons. The molecule has 0 aliphatic carbocycles. The van der Waals surface area contributed by atoms with E-state index in [2.05, 4.69) is 22.8 Å². The van der Waals surface area contributed by atoms with Gasteiger partial charge in [-0.2, -0.15) is 0 Å². The van der Waals surface area contributed by atoms with Gasteiger partial charge in [0.05, 0.1) is 6.61 Å². The Morgan fingerprint density at radius 2 is 2.00 bits per heavy atom. The third-order valence-electron chi connectivity index (χ3n) is 0.640. The van der Waals surface area contributed by atoms with Crippen molar-refractivity contribution in [1.29, 1.82) is 0 Å². The number of hydrogen-bond acceptors (Lipinski definition) is 2. The van der Waals surface area contributed by atoms with Crippen LogP contribution in [0.1, 0.15) is 20.8 Å². The zero-order valence-electron chi connectivity index (χ0n) is 7.31. The Morgan fingerprint density at radius 3 is 2.00 bits per heavy atom. The van der Waals surface area contributed by atoms with E-state index >= 15 is 0 Å². The number of carbonyl (C=O) groups is 1. The minimum Gasteiger partial charge on any atom is -0.450 e. The molecule has 0 aromatic rings. The number of ether oxygens (including phenoxy) is 1. The monoisotopic (exact) mass is 157 g/mol. The summed E-state index contributed by atoms with van der Waals surface area (Å²) >= 11 is 0. The SMILES string of the molecule is C=C=C(C)C.CCOC(N)=O. The first-order valence-electron chi connectivity index (χ1n) is 3.30. The Bertz CT molecular complexity index is 153. The van der Waals surface area contributed by atoms with Crippen LogP contribution >= 0.6 is 0 Å². The van der Waals surface area contributed by atoms with Crippen LogP contribution in [0, 0.1) is 0 Å². The van der Waals surface area contributed by atoms with E-state index in [4.69, 9.17) is 0 Å². The summed E-state index contributed by atoms with van der Waals surface area (Å²) in [6, 6.07) is 0. The Morgan fingerprint density at radius 1 is 1.64 bits per heavy atom. The van der Waals surface area contributed by atoms with Gasteiger partial charge in [0.25, 0.3) is 0 Å². The van der Waals surface area contributed by atoms with Crippen LogP contribution in [0.15, 0.2) is 17.9 Å². The van der Waals surface area contributed by atoms with Crippen LogP contribution in [0.5, 0.6) is 0 Å². The molecule has 0 radical (unpaired) electrons. The number of nitrogens with two attached hydrogens (primary N) is 1. The van der Waals surface area contributed by atoms with Crippen LogP contribution in [0.3, 0.4) is 0 Å². The highest BCUT2D eigenvalue weighted by Gasteiger charge is 1.82. The fourth-order valence-corrected chi connectivity index (χ4v) is 0.142. The molecule has 0 fully saturated rings. The highest BCUT2D eigenvalue weighted by Crippen LogP contribution is 1.77. The van der Waals surface area contributed by atoms with Crippen molar-refractivity contribution in [3.05, 3.63) is 17.9 Å². The molecular formula is C8H15NO2. The molecule has 0 atom stereocenters. The summed E-state index contributed by atoms with van der Waals surface area (Å²) in [6.07, 6.45) is -0.711. The van der Waals surface area contributed by atoms with Crippen LogP contribution in [-0.4, -0.2) is 12.7 Å². The van der Waals surface area contributed by atoms with Gasteiger partial charge in [0.2, 0.25) is 0 Å². The van der Waals surface area contributed by atoms with Gasteiger partial charge in [0, 0.05) is 0 Å². The van der Waals surface area contributed by atoms with Crippen molar-refractivity contribution >= 4 is 6.09 Å². The van der Waals surface area contributed by atoms with E-state index in [0.29, 0.717) is 6.61 Å². The minimum atomic E-state index is -0.711. The predicted octanol–water partition coefficient (Wildman–Crippen LogP) is 1.84. The van der Waals surface area contributed by atoms with Crippen molar-refractivity contribution in [2.45, 2.75) is 20.8 Å². The van der Waals surface area contributed by atoms with Gasteiger partial charge in [0.1, 0.15) is 0 Å². The number of allylic oxidation sites excluding steroid dienone is 1. The van der Waals surface area contributed by atoms with E-state index in [9.17, 15) is 4.79 Å². The van der Waals surface area contributed by atoms with Gasteiger partial charge >= 0.3 is 6.09 Å². The fraction of sp³-hybridized carbons (Fsp3) is 0.500. The standard InChI is InChI=1S/C5H8.C3H7NO2/c1-4-5(2)3;1-2-6-3(4)5/h1H2,2-3H3;2H2,1H3,(H2,4,5). The van der Waals surface area contributed by atoms with Gasteiger partial charge < -0.3 is 10.5 Å². The number of hydrogen-bond donors (Lipinski definition) is 1. The Balaban J connectivity index is 0. The second kappa shape index (κ2) is 8.79. The lowest BCUT2D eigenvalue weighted by atomic mass is 10.4. The molecular weight excluding hydrogens is 142 g/mol. The first-order valence-corrected chi connectivity index (χ1v) is 3.30. The zero-order valence-corrected chi connectivity index (χ0v) is 7.31. The van der Waals surface area contributed by atoms with Crippen LogP contribution in [-0.2, 0) is 4.74 Å². The minimum absolute atomic E-state index is 0.356. The first-order chi connectivity index (χ1) is 5.04. The highest BCUT2D eigenvalue weighted by atomic mass is 16.5. The third kappa shape index (κ3) is 28.2. The van der Waals surface area contributed by atoms with Crippen molar-refractivity contribution in [3.63, 3.8) is 0 Å². The maximum Gasteiger partial charge on any atom is 0.404 e. The summed E-state index contributed by atoms with van der Waals surface area (Å²) in [5, 5.41) is 0. The molecule has 0 bridgehead atoms. The Labute approximate surface area is 67.5 Å². The molecule has 2 N–H and O–H groups in total. The normalized spacial score (nSPS) is 6.82. The average molecular weight is 157 g/mol. The molecule has 11 heavy (non-hydrogen) atoms. The Kier molecular flexibility index (Phi) is 9.96. The molecule has 0 spiro atoms. The molecule has 0 heterocycles. The van der Waals surface area contributed by atoms with Crippen molar-refractivity contribution < 1.29 is 9.53 Å². The number of carbonyl (C=O) groups excluding carboxylic acids is 1. The number of rotatable bonds is 1.